The highest BCUT2D eigenvalue weighted by molar-refractivity contribution is 9.09. The second kappa shape index (κ2) is 7.11. The van der Waals surface area contributed by atoms with E-state index in [1.165, 1.54) is 27.8 Å². The number of aryl methyl sites for hydroxylation is 3. The summed E-state index contributed by atoms with van der Waals surface area (Å²) < 4.78 is 0. The van der Waals surface area contributed by atoms with Crippen LogP contribution in [0.4, 0.5) is 0 Å². The molecule has 0 saturated heterocycles. The van der Waals surface area contributed by atoms with Crippen LogP contribution in [0.1, 0.15) is 27.8 Å². The Hall–Kier alpha value is -0.600. The van der Waals surface area contributed by atoms with Crippen LogP contribution >= 0.6 is 31.9 Å². The first-order valence-electron chi connectivity index (χ1n) is 7.25. The van der Waals surface area contributed by atoms with Crippen LogP contribution in [0.2, 0.25) is 0 Å². The first kappa shape index (κ1) is 16.8. The van der Waals surface area contributed by atoms with Crippen molar-refractivity contribution in [1.29, 1.82) is 0 Å². The van der Waals surface area contributed by atoms with Crippen LogP contribution in [0, 0.1) is 20.8 Å². The molecule has 0 atom stereocenters. The molecule has 0 N–H and O–H groups in total. The molecule has 0 aromatic heterocycles. The fourth-order valence-electron chi connectivity index (χ4n) is 2.86. The molecule has 2 heteroatoms. The van der Waals surface area contributed by atoms with Crippen LogP contribution < -0.4 is 0 Å². The van der Waals surface area contributed by atoms with Crippen molar-refractivity contribution in [2.24, 2.45) is 0 Å². The van der Waals surface area contributed by atoms with Gasteiger partial charge in [-0.3, -0.25) is 0 Å². The Kier molecular flexibility index (Phi) is 5.67. The lowest BCUT2D eigenvalue weighted by Crippen LogP contribution is -2.33. The molecule has 2 aromatic carbocycles. The molecule has 2 aromatic rings. The number of halogens is 2. The average Bonchev–Trinajstić information content (AvgIpc) is 2.45. The lowest BCUT2D eigenvalue weighted by molar-refractivity contribution is 0.550. The fourth-order valence-corrected chi connectivity index (χ4v) is 4.83. The minimum atomic E-state index is 0.0912. The van der Waals surface area contributed by atoms with Gasteiger partial charge in [0.2, 0.25) is 0 Å². The van der Waals surface area contributed by atoms with Gasteiger partial charge in [-0.05, 0) is 38.3 Å². The molecule has 0 nitrogen and oxygen atoms in total. The van der Waals surface area contributed by atoms with Crippen molar-refractivity contribution < 1.29 is 0 Å². The summed E-state index contributed by atoms with van der Waals surface area (Å²) in [6.45, 7) is 6.48. The molecule has 0 heterocycles. The van der Waals surface area contributed by atoms with Gasteiger partial charge in [0.15, 0.2) is 0 Å². The molecule has 0 aliphatic rings. The molecule has 0 amide bonds. The molecule has 0 aliphatic carbocycles. The predicted molar refractivity (Wildman–Crippen MR) is 100 cm³/mol. The molecular formula is C19H22Br2. The van der Waals surface area contributed by atoms with E-state index in [4.69, 9.17) is 0 Å². The van der Waals surface area contributed by atoms with Crippen molar-refractivity contribution >= 4 is 31.9 Å². The monoisotopic (exact) mass is 408 g/mol. The number of benzene rings is 2. The van der Waals surface area contributed by atoms with Crippen molar-refractivity contribution in [2.75, 3.05) is 10.7 Å². The largest absolute Gasteiger partial charge is 0.0918 e. The standard InChI is InChI=1S/C19H22Br2/c1-14-4-6-18(7-5-14)19(12-20,13-21)11-17-9-15(2)8-16(3)10-17/h4-10H,11-13H2,1-3H3. The molecule has 0 aliphatic heterocycles. The average molecular weight is 410 g/mol. The van der Waals surface area contributed by atoms with Crippen molar-refractivity contribution in [1.82, 2.24) is 0 Å². The summed E-state index contributed by atoms with van der Waals surface area (Å²) in [5, 5.41) is 1.89. The quantitative estimate of drug-likeness (QED) is 0.540. The van der Waals surface area contributed by atoms with Gasteiger partial charge in [-0.25, -0.2) is 0 Å². The second-order valence-corrected chi connectivity index (χ2v) is 7.21. The number of rotatable bonds is 5. The van der Waals surface area contributed by atoms with Gasteiger partial charge >= 0.3 is 0 Å². The number of hydrogen-bond acceptors (Lipinski definition) is 0. The summed E-state index contributed by atoms with van der Waals surface area (Å²) in [4.78, 5) is 0. The van der Waals surface area contributed by atoms with Crippen LogP contribution in [-0.4, -0.2) is 10.7 Å². The molecule has 2 rings (SSSR count). The van der Waals surface area contributed by atoms with E-state index in [0.29, 0.717) is 0 Å². The molecule has 0 radical (unpaired) electrons. The van der Waals surface area contributed by atoms with Gasteiger partial charge in [-0.2, -0.15) is 0 Å². The van der Waals surface area contributed by atoms with Crippen LogP contribution in [0.15, 0.2) is 42.5 Å². The van der Waals surface area contributed by atoms with E-state index in [1.54, 1.807) is 0 Å². The van der Waals surface area contributed by atoms with E-state index in [1.807, 2.05) is 0 Å². The number of alkyl halides is 2. The van der Waals surface area contributed by atoms with E-state index in [0.717, 1.165) is 17.1 Å². The van der Waals surface area contributed by atoms with Crippen LogP contribution in [-0.2, 0) is 11.8 Å². The van der Waals surface area contributed by atoms with Crippen LogP contribution in [0.25, 0.3) is 0 Å². The summed E-state index contributed by atoms with van der Waals surface area (Å²) in [6, 6.07) is 15.8. The molecular weight excluding hydrogens is 388 g/mol. The third kappa shape index (κ3) is 3.98. The second-order valence-electron chi connectivity index (χ2n) is 6.09. The minimum absolute atomic E-state index is 0.0912. The number of hydrogen-bond donors (Lipinski definition) is 0. The summed E-state index contributed by atoms with van der Waals surface area (Å²) in [5.41, 5.74) is 6.88. The zero-order valence-corrected chi connectivity index (χ0v) is 16.1. The highest BCUT2D eigenvalue weighted by atomic mass is 79.9. The van der Waals surface area contributed by atoms with Crippen molar-refractivity contribution in [3.63, 3.8) is 0 Å². The maximum Gasteiger partial charge on any atom is 0.0187 e. The summed E-state index contributed by atoms with van der Waals surface area (Å²) >= 11 is 7.51. The lowest BCUT2D eigenvalue weighted by Gasteiger charge is -2.31. The van der Waals surface area contributed by atoms with Crippen molar-refractivity contribution in [3.8, 4) is 0 Å². The van der Waals surface area contributed by atoms with Gasteiger partial charge < -0.3 is 0 Å². The van der Waals surface area contributed by atoms with Crippen molar-refractivity contribution in [3.05, 3.63) is 70.3 Å². The summed E-state index contributed by atoms with van der Waals surface area (Å²) in [7, 11) is 0. The Morgan fingerprint density at radius 2 is 1.29 bits per heavy atom. The van der Waals surface area contributed by atoms with Gasteiger partial charge in [0.25, 0.3) is 0 Å². The molecule has 0 bridgehead atoms. The van der Waals surface area contributed by atoms with Gasteiger partial charge in [0.05, 0.1) is 0 Å². The molecule has 0 unspecified atom stereocenters. The van der Waals surface area contributed by atoms with Crippen molar-refractivity contribution in [2.45, 2.75) is 32.6 Å². The zero-order chi connectivity index (χ0) is 15.5. The fraction of sp³-hybridized carbons (Fsp3) is 0.368. The van der Waals surface area contributed by atoms with Crippen LogP contribution in [0.5, 0.6) is 0 Å². The first-order chi connectivity index (χ1) is 9.99. The highest BCUT2D eigenvalue weighted by Crippen LogP contribution is 2.33. The maximum absolute atomic E-state index is 3.75. The first-order valence-corrected chi connectivity index (χ1v) is 9.50. The topological polar surface area (TPSA) is 0 Å². The summed E-state index contributed by atoms with van der Waals surface area (Å²) in [6.07, 6.45) is 1.04. The van der Waals surface area contributed by atoms with Gasteiger partial charge in [-0.15, -0.1) is 0 Å². The lowest BCUT2D eigenvalue weighted by atomic mass is 9.78. The van der Waals surface area contributed by atoms with Crippen LogP contribution in [0.3, 0.4) is 0 Å². The molecule has 21 heavy (non-hydrogen) atoms. The third-order valence-corrected chi connectivity index (χ3v) is 6.15. The summed E-state index contributed by atoms with van der Waals surface area (Å²) in [5.74, 6) is 0. The molecule has 0 spiro atoms. The molecule has 112 valence electrons. The normalized spacial score (nSPS) is 11.7. The van der Waals surface area contributed by atoms with E-state index in [9.17, 15) is 0 Å². The van der Waals surface area contributed by atoms with E-state index < -0.39 is 0 Å². The van der Waals surface area contributed by atoms with Gasteiger partial charge in [0, 0.05) is 16.1 Å². The highest BCUT2D eigenvalue weighted by Gasteiger charge is 2.30. The molecule has 0 saturated carbocycles. The van der Waals surface area contributed by atoms with Gasteiger partial charge in [0.1, 0.15) is 0 Å². The molecule has 0 fully saturated rings. The zero-order valence-electron chi connectivity index (χ0n) is 12.9. The Balaban J connectivity index is 2.40. The Bertz CT molecular complexity index is 575. The van der Waals surface area contributed by atoms with E-state index >= 15 is 0 Å². The maximum atomic E-state index is 3.75. The smallest absolute Gasteiger partial charge is 0.0187 e. The Morgan fingerprint density at radius 1 is 0.762 bits per heavy atom. The Morgan fingerprint density at radius 3 is 1.76 bits per heavy atom. The Labute approximate surface area is 145 Å². The van der Waals surface area contributed by atoms with E-state index in [2.05, 4.69) is 95.1 Å². The van der Waals surface area contributed by atoms with E-state index in [-0.39, 0.29) is 5.41 Å². The van der Waals surface area contributed by atoms with Gasteiger partial charge in [-0.1, -0.05) is 91.0 Å². The SMILES string of the molecule is Cc1ccc(C(CBr)(CBr)Cc2cc(C)cc(C)c2)cc1. The minimum Gasteiger partial charge on any atom is -0.0918 e. The third-order valence-electron chi connectivity index (χ3n) is 4.00. The predicted octanol–water partition coefficient (Wildman–Crippen LogP) is 5.88.